The zero-order chi connectivity index (χ0) is 14.5. The second kappa shape index (κ2) is 6.34. The molecule has 2 rings (SSSR count). The Morgan fingerprint density at radius 2 is 2.15 bits per heavy atom. The molecule has 1 N–H and O–H groups in total. The first-order valence-corrected chi connectivity index (χ1v) is 6.59. The van der Waals surface area contributed by atoms with E-state index in [0.29, 0.717) is 18.7 Å². The highest BCUT2D eigenvalue weighted by Gasteiger charge is 2.09. The van der Waals surface area contributed by atoms with Crippen LogP contribution < -0.4 is 15.6 Å². The molecule has 0 amide bonds. The van der Waals surface area contributed by atoms with Gasteiger partial charge in [-0.2, -0.15) is 5.10 Å². The fourth-order valence-corrected chi connectivity index (χ4v) is 2.05. The molecule has 0 unspecified atom stereocenters. The number of aromatic nitrogens is 2. The molecular weight excluding hydrogens is 254 g/mol. The van der Waals surface area contributed by atoms with Crippen LogP contribution in [-0.4, -0.2) is 23.9 Å². The van der Waals surface area contributed by atoms with Crippen molar-refractivity contribution < 1.29 is 4.74 Å². The molecule has 0 spiro atoms. The van der Waals surface area contributed by atoms with Gasteiger partial charge in [0.15, 0.2) is 0 Å². The molecule has 0 aliphatic carbocycles. The van der Waals surface area contributed by atoms with Gasteiger partial charge in [0, 0.05) is 24.2 Å². The van der Waals surface area contributed by atoms with Gasteiger partial charge in [-0.25, -0.2) is 4.68 Å². The van der Waals surface area contributed by atoms with E-state index in [2.05, 4.69) is 10.4 Å². The fraction of sp³-hybridized carbons (Fsp3) is 0.333. The van der Waals surface area contributed by atoms with Crippen molar-refractivity contribution in [3.8, 4) is 17.0 Å². The first-order valence-electron chi connectivity index (χ1n) is 6.59. The quantitative estimate of drug-likeness (QED) is 0.900. The topological polar surface area (TPSA) is 56.1 Å². The van der Waals surface area contributed by atoms with Crippen LogP contribution in [0.25, 0.3) is 11.3 Å². The normalized spacial score (nSPS) is 10.6. The largest absolute Gasteiger partial charge is 0.497 e. The monoisotopic (exact) mass is 273 g/mol. The molecule has 0 radical (unpaired) electrons. The maximum absolute atomic E-state index is 12.1. The molecule has 1 aromatic heterocycles. The van der Waals surface area contributed by atoms with Crippen LogP contribution >= 0.6 is 0 Å². The van der Waals surface area contributed by atoms with Crippen LogP contribution in [0.2, 0.25) is 0 Å². The third-order valence-corrected chi connectivity index (χ3v) is 3.08. The number of nitrogens with zero attached hydrogens (tertiary/aromatic N) is 2. The summed E-state index contributed by atoms with van der Waals surface area (Å²) < 4.78 is 6.71. The molecule has 0 saturated heterocycles. The number of methoxy groups -OCH3 is 1. The van der Waals surface area contributed by atoms with Crippen LogP contribution in [0.4, 0.5) is 0 Å². The lowest BCUT2D eigenvalue weighted by molar-refractivity contribution is 0.415. The van der Waals surface area contributed by atoms with Gasteiger partial charge in [-0.05, 0) is 32.2 Å². The van der Waals surface area contributed by atoms with Crippen molar-refractivity contribution in [3.63, 3.8) is 0 Å². The summed E-state index contributed by atoms with van der Waals surface area (Å²) in [6, 6.07) is 9.50. The summed E-state index contributed by atoms with van der Waals surface area (Å²) in [4.78, 5) is 12.1. The summed E-state index contributed by atoms with van der Waals surface area (Å²) in [5.74, 6) is 0.772. The summed E-state index contributed by atoms with van der Waals surface area (Å²) in [5, 5.41) is 7.41. The lowest BCUT2D eigenvalue weighted by atomic mass is 10.1. The Morgan fingerprint density at radius 3 is 2.80 bits per heavy atom. The molecule has 0 fully saturated rings. The molecule has 5 nitrogen and oxygen atoms in total. The van der Waals surface area contributed by atoms with E-state index in [-0.39, 0.29) is 5.56 Å². The van der Waals surface area contributed by atoms with E-state index in [1.54, 1.807) is 7.11 Å². The second-order valence-electron chi connectivity index (χ2n) is 4.44. The summed E-state index contributed by atoms with van der Waals surface area (Å²) in [6.45, 7) is 2.98. The maximum atomic E-state index is 12.1. The molecule has 20 heavy (non-hydrogen) atoms. The van der Waals surface area contributed by atoms with E-state index >= 15 is 0 Å². The van der Waals surface area contributed by atoms with Crippen LogP contribution in [-0.2, 0) is 13.1 Å². The minimum Gasteiger partial charge on any atom is -0.497 e. The van der Waals surface area contributed by atoms with Gasteiger partial charge in [-0.1, -0.05) is 12.1 Å². The van der Waals surface area contributed by atoms with Crippen molar-refractivity contribution in [1.82, 2.24) is 15.1 Å². The number of benzene rings is 1. The highest BCUT2D eigenvalue weighted by atomic mass is 16.5. The van der Waals surface area contributed by atoms with Gasteiger partial charge >= 0.3 is 0 Å². The Bertz CT molecular complexity index is 650. The highest BCUT2D eigenvalue weighted by Crippen LogP contribution is 2.21. The average Bonchev–Trinajstić information content (AvgIpc) is 2.49. The van der Waals surface area contributed by atoms with Crippen molar-refractivity contribution in [1.29, 1.82) is 0 Å². The van der Waals surface area contributed by atoms with Gasteiger partial charge in [0.1, 0.15) is 5.75 Å². The van der Waals surface area contributed by atoms with Gasteiger partial charge in [0.05, 0.1) is 12.8 Å². The van der Waals surface area contributed by atoms with E-state index in [9.17, 15) is 4.79 Å². The van der Waals surface area contributed by atoms with Crippen LogP contribution in [0.15, 0.2) is 35.1 Å². The number of rotatable bonds is 5. The molecule has 2 aromatic rings. The van der Waals surface area contributed by atoms with Crippen LogP contribution in [0, 0.1) is 0 Å². The van der Waals surface area contributed by atoms with Gasteiger partial charge in [-0.3, -0.25) is 4.79 Å². The summed E-state index contributed by atoms with van der Waals surface area (Å²) in [7, 11) is 3.45. The van der Waals surface area contributed by atoms with Crippen molar-refractivity contribution in [2.75, 3.05) is 14.2 Å². The Labute approximate surface area is 118 Å². The number of aryl methyl sites for hydroxylation is 1. The zero-order valence-corrected chi connectivity index (χ0v) is 12.0. The van der Waals surface area contributed by atoms with Gasteiger partial charge in [-0.15, -0.1) is 0 Å². The fourth-order valence-electron chi connectivity index (χ4n) is 2.05. The Morgan fingerprint density at radius 1 is 1.35 bits per heavy atom. The first-order chi connectivity index (χ1) is 9.69. The highest BCUT2D eigenvalue weighted by molar-refractivity contribution is 5.61. The minimum absolute atomic E-state index is 0.0477. The predicted octanol–water partition coefficient (Wildman–Crippen LogP) is 1.66. The number of hydrogen-bond acceptors (Lipinski definition) is 4. The van der Waals surface area contributed by atoms with E-state index in [1.807, 2.05) is 44.3 Å². The SMILES string of the molecule is CCn1nc(-c2cccc(OC)c2)cc(CNC)c1=O. The summed E-state index contributed by atoms with van der Waals surface area (Å²) in [5.41, 5.74) is 2.37. The van der Waals surface area contributed by atoms with Crippen molar-refractivity contribution in [2.45, 2.75) is 20.0 Å². The van der Waals surface area contributed by atoms with E-state index in [0.717, 1.165) is 17.0 Å². The third-order valence-electron chi connectivity index (χ3n) is 3.08. The molecule has 0 saturated carbocycles. The molecule has 0 aliphatic heterocycles. The van der Waals surface area contributed by atoms with Crippen LogP contribution in [0.5, 0.6) is 5.75 Å². The molecule has 106 valence electrons. The third kappa shape index (κ3) is 2.88. The minimum atomic E-state index is -0.0477. The molecule has 5 heteroatoms. The van der Waals surface area contributed by atoms with Gasteiger partial charge in [0.25, 0.3) is 5.56 Å². The van der Waals surface area contributed by atoms with Crippen molar-refractivity contribution in [2.24, 2.45) is 0 Å². The molecule has 0 aliphatic rings. The summed E-state index contributed by atoms with van der Waals surface area (Å²) in [6.07, 6.45) is 0. The van der Waals surface area contributed by atoms with Crippen LogP contribution in [0.3, 0.4) is 0 Å². The average molecular weight is 273 g/mol. The molecule has 0 bridgehead atoms. The maximum Gasteiger partial charge on any atom is 0.271 e. The van der Waals surface area contributed by atoms with E-state index in [4.69, 9.17) is 4.74 Å². The second-order valence-corrected chi connectivity index (χ2v) is 4.44. The molecular formula is C15H19N3O2. The zero-order valence-electron chi connectivity index (χ0n) is 12.0. The Hall–Kier alpha value is -2.14. The van der Waals surface area contributed by atoms with Gasteiger partial charge in [0.2, 0.25) is 0 Å². The standard InChI is InChI=1S/C15H19N3O2/c1-4-18-15(19)12(10-16-2)9-14(17-18)11-6-5-7-13(8-11)20-3/h5-9,16H,4,10H2,1-3H3. The van der Waals surface area contributed by atoms with Crippen LogP contribution in [0.1, 0.15) is 12.5 Å². The smallest absolute Gasteiger partial charge is 0.271 e. The van der Waals surface area contributed by atoms with E-state index in [1.165, 1.54) is 4.68 Å². The lowest BCUT2D eigenvalue weighted by Gasteiger charge is -2.10. The lowest BCUT2D eigenvalue weighted by Crippen LogP contribution is -2.28. The molecule has 1 heterocycles. The van der Waals surface area contributed by atoms with Crippen molar-refractivity contribution in [3.05, 3.63) is 46.2 Å². The molecule has 0 atom stereocenters. The predicted molar refractivity (Wildman–Crippen MR) is 78.9 cm³/mol. The number of ether oxygens (including phenoxy) is 1. The molecule has 1 aromatic carbocycles. The first kappa shape index (κ1) is 14.3. The van der Waals surface area contributed by atoms with E-state index < -0.39 is 0 Å². The van der Waals surface area contributed by atoms with Gasteiger partial charge < -0.3 is 10.1 Å². The van der Waals surface area contributed by atoms with Crippen molar-refractivity contribution >= 4 is 0 Å². The summed E-state index contributed by atoms with van der Waals surface area (Å²) >= 11 is 0. The Kier molecular flexibility index (Phi) is 4.53. The number of hydrogen-bond donors (Lipinski definition) is 1. The Balaban J connectivity index is 2.55. The number of nitrogens with one attached hydrogen (secondary N) is 1.